The van der Waals surface area contributed by atoms with Crippen molar-refractivity contribution in [2.45, 2.75) is 18.9 Å². The Kier molecular flexibility index (Phi) is 4.76. The molecular formula is C13H16N2O2S. The number of amides is 1. The van der Waals surface area contributed by atoms with Crippen LogP contribution in [-0.2, 0) is 4.74 Å². The van der Waals surface area contributed by atoms with Gasteiger partial charge in [0.2, 0.25) is 0 Å². The van der Waals surface area contributed by atoms with E-state index in [-0.39, 0.29) is 11.9 Å². The highest BCUT2D eigenvalue weighted by Crippen LogP contribution is 2.16. The van der Waals surface area contributed by atoms with E-state index < -0.39 is 0 Å². The summed E-state index contributed by atoms with van der Waals surface area (Å²) in [6.07, 6.45) is 1.77. The minimum absolute atomic E-state index is 0.0206. The Hall–Kier alpha value is -1.35. The molecule has 1 aliphatic rings. The topological polar surface area (TPSA) is 64.4 Å². The van der Waals surface area contributed by atoms with E-state index in [0.717, 1.165) is 30.9 Å². The lowest BCUT2D eigenvalue weighted by Crippen LogP contribution is -2.38. The third-order valence-corrected chi connectivity index (χ3v) is 3.70. The van der Waals surface area contributed by atoms with Crippen LogP contribution in [0.2, 0.25) is 0 Å². The highest BCUT2D eigenvalue weighted by atomic mass is 32.1. The van der Waals surface area contributed by atoms with E-state index >= 15 is 0 Å². The van der Waals surface area contributed by atoms with Crippen molar-refractivity contribution in [2.75, 3.05) is 19.8 Å². The Bertz CT molecular complexity index is 467. The van der Waals surface area contributed by atoms with Crippen molar-refractivity contribution in [3.8, 4) is 11.8 Å². The first kappa shape index (κ1) is 13.1. The van der Waals surface area contributed by atoms with Gasteiger partial charge >= 0.3 is 0 Å². The van der Waals surface area contributed by atoms with E-state index in [1.165, 1.54) is 11.3 Å². The molecule has 1 aromatic rings. The first-order chi connectivity index (χ1) is 8.79. The summed E-state index contributed by atoms with van der Waals surface area (Å²) in [6.45, 7) is 1.78. The summed E-state index contributed by atoms with van der Waals surface area (Å²) >= 11 is 1.40. The second kappa shape index (κ2) is 6.55. The molecule has 0 spiro atoms. The first-order valence-corrected chi connectivity index (χ1v) is 6.78. The van der Waals surface area contributed by atoms with Gasteiger partial charge in [-0.3, -0.25) is 4.79 Å². The third-order valence-electron chi connectivity index (χ3n) is 2.70. The maximum atomic E-state index is 12.0. The lowest BCUT2D eigenvalue weighted by Gasteiger charge is -2.22. The van der Waals surface area contributed by atoms with Gasteiger partial charge in [-0.2, -0.15) is 0 Å². The van der Waals surface area contributed by atoms with E-state index in [4.69, 9.17) is 10.5 Å². The molecule has 3 N–H and O–H groups in total. The van der Waals surface area contributed by atoms with Gasteiger partial charge in [0.1, 0.15) is 0 Å². The van der Waals surface area contributed by atoms with Gasteiger partial charge in [0.25, 0.3) is 5.91 Å². The van der Waals surface area contributed by atoms with Crippen molar-refractivity contribution >= 4 is 17.2 Å². The van der Waals surface area contributed by atoms with Crippen LogP contribution in [0.3, 0.4) is 0 Å². The molecule has 96 valence electrons. The standard InChI is InChI=1S/C13H16N2O2S/c14-7-1-2-11-3-4-12(18-11)13(16)15-10-5-8-17-9-6-10/h3-4,10H,5-9,14H2,(H,15,16). The molecule has 0 radical (unpaired) electrons. The highest BCUT2D eigenvalue weighted by molar-refractivity contribution is 7.14. The van der Waals surface area contributed by atoms with Crippen LogP contribution in [0.1, 0.15) is 27.4 Å². The molecule has 0 saturated carbocycles. The zero-order valence-corrected chi connectivity index (χ0v) is 10.9. The molecule has 1 fully saturated rings. The molecule has 0 aliphatic carbocycles. The summed E-state index contributed by atoms with van der Waals surface area (Å²) in [7, 11) is 0. The Labute approximate surface area is 111 Å². The van der Waals surface area contributed by atoms with Gasteiger partial charge in [0, 0.05) is 19.3 Å². The normalized spacial score (nSPS) is 15.8. The third kappa shape index (κ3) is 3.57. The SMILES string of the molecule is NCC#Cc1ccc(C(=O)NC2CCOCC2)s1. The van der Waals surface area contributed by atoms with Crippen LogP contribution in [0.5, 0.6) is 0 Å². The molecule has 5 heteroatoms. The lowest BCUT2D eigenvalue weighted by atomic mass is 10.1. The molecule has 0 atom stereocenters. The summed E-state index contributed by atoms with van der Waals surface area (Å²) in [6, 6.07) is 3.89. The number of carbonyl (C=O) groups is 1. The predicted molar refractivity (Wildman–Crippen MR) is 71.6 cm³/mol. The average molecular weight is 264 g/mol. The number of rotatable bonds is 2. The van der Waals surface area contributed by atoms with E-state index in [1.54, 1.807) is 6.07 Å². The van der Waals surface area contributed by atoms with Crippen molar-refractivity contribution in [3.05, 3.63) is 21.9 Å². The molecule has 18 heavy (non-hydrogen) atoms. The maximum absolute atomic E-state index is 12.0. The number of hydrogen-bond acceptors (Lipinski definition) is 4. The molecular weight excluding hydrogens is 248 g/mol. The molecule has 1 aliphatic heterocycles. The van der Waals surface area contributed by atoms with Crippen molar-refractivity contribution in [1.29, 1.82) is 0 Å². The molecule has 1 saturated heterocycles. The minimum atomic E-state index is -0.0206. The van der Waals surface area contributed by atoms with Gasteiger partial charge in [0.15, 0.2) is 0 Å². The summed E-state index contributed by atoms with van der Waals surface area (Å²) in [5.74, 6) is 5.68. The Morgan fingerprint density at radius 2 is 2.28 bits per heavy atom. The monoisotopic (exact) mass is 264 g/mol. The van der Waals surface area contributed by atoms with Crippen molar-refractivity contribution in [3.63, 3.8) is 0 Å². The Morgan fingerprint density at radius 1 is 1.50 bits per heavy atom. The lowest BCUT2D eigenvalue weighted by molar-refractivity contribution is 0.0698. The summed E-state index contributed by atoms with van der Waals surface area (Å²) in [5, 5.41) is 3.02. The molecule has 0 aromatic carbocycles. The second-order valence-electron chi connectivity index (χ2n) is 4.03. The largest absolute Gasteiger partial charge is 0.381 e. The van der Waals surface area contributed by atoms with Gasteiger partial charge in [-0.05, 0) is 25.0 Å². The number of nitrogens with one attached hydrogen (secondary N) is 1. The van der Waals surface area contributed by atoms with Gasteiger partial charge in [0.05, 0.1) is 16.3 Å². The number of hydrogen-bond donors (Lipinski definition) is 2. The average Bonchev–Trinajstić information content (AvgIpc) is 2.86. The van der Waals surface area contributed by atoms with Crippen LogP contribution in [0.4, 0.5) is 0 Å². The quantitative estimate of drug-likeness (QED) is 0.782. The molecule has 0 unspecified atom stereocenters. The number of nitrogens with two attached hydrogens (primary N) is 1. The van der Waals surface area contributed by atoms with E-state index in [0.29, 0.717) is 11.4 Å². The number of ether oxygens (including phenoxy) is 1. The molecule has 2 heterocycles. The Balaban J connectivity index is 1.93. The summed E-state index contributed by atoms with van der Waals surface area (Å²) < 4.78 is 5.26. The van der Waals surface area contributed by atoms with Crippen LogP contribution in [0.15, 0.2) is 12.1 Å². The van der Waals surface area contributed by atoms with E-state index in [9.17, 15) is 4.79 Å². The van der Waals surface area contributed by atoms with Crippen LogP contribution >= 0.6 is 11.3 Å². The van der Waals surface area contributed by atoms with Crippen LogP contribution in [0.25, 0.3) is 0 Å². The zero-order valence-electron chi connectivity index (χ0n) is 10.1. The zero-order chi connectivity index (χ0) is 12.8. The molecule has 0 bridgehead atoms. The molecule has 4 nitrogen and oxygen atoms in total. The van der Waals surface area contributed by atoms with Crippen molar-refractivity contribution in [2.24, 2.45) is 5.73 Å². The van der Waals surface area contributed by atoms with Gasteiger partial charge in [-0.25, -0.2) is 0 Å². The minimum Gasteiger partial charge on any atom is -0.381 e. The van der Waals surface area contributed by atoms with Gasteiger partial charge < -0.3 is 15.8 Å². The highest BCUT2D eigenvalue weighted by Gasteiger charge is 2.17. The fraction of sp³-hybridized carbons (Fsp3) is 0.462. The van der Waals surface area contributed by atoms with Crippen molar-refractivity contribution in [1.82, 2.24) is 5.32 Å². The predicted octanol–water partition coefficient (Wildman–Crippen LogP) is 0.967. The van der Waals surface area contributed by atoms with E-state index in [1.807, 2.05) is 6.07 Å². The number of thiophene rings is 1. The molecule has 1 amide bonds. The summed E-state index contributed by atoms with van der Waals surface area (Å²) in [5.41, 5.74) is 5.31. The smallest absolute Gasteiger partial charge is 0.261 e. The van der Waals surface area contributed by atoms with Crippen LogP contribution < -0.4 is 11.1 Å². The van der Waals surface area contributed by atoms with Crippen LogP contribution in [0, 0.1) is 11.8 Å². The molecule has 1 aromatic heterocycles. The fourth-order valence-corrected chi connectivity index (χ4v) is 2.55. The van der Waals surface area contributed by atoms with Crippen molar-refractivity contribution < 1.29 is 9.53 Å². The maximum Gasteiger partial charge on any atom is 0.261 e. The van der Waals surface area contributed by atoms with Gasteiger partial charge in [-0.1, -0.05) is 11.8 Å². The second-order valence-corrected chi connectivity index (χ2v) is 5.11. The van der Waals surface area contributed by atoms with Crippen LogP contribution in [-0.4, -0.2) is 31.7 Å². The number of carbonyl (C=O) groups excluding carboxylic acids is 1. The van der Waals surface area contributed by atoms with Gasteiger partial charge in [-0.15, -0.1) is 11.3 Å². The fourth-order valence-electron chi connectivity index (χ4n) is 1.76. The first-order valence-electron chi connectivity index (χ1n) is 5.97. The summed E-state index contributed by atoms with van der Waals surface area (Å²) in [4.78, 5) is 13.6. The Morgan fingerprint density at radius 3 is 3.00 bits per heavy atom. The van der Waals surface area contributed by atoms with E-state index in [2.05, 4.69) is 17.2 Å². The molecule has 2 rings (SSSR count).